The molecule has 0 unspecified atom stereocenters. The fourth-order valence-electron chi connectivity index (χ4n) is 3.75. The molecule has 0 bridgehead atoms. The molecule has 0 aromatic heterocycles. The van der Waals surface area contributed by atoms with Crippen LogP contribution in [0.4, 0.5) is 0 Å². The lowest BCUT2D eigenvalue weighted by molar-refractivity contribution is 0.550. The highest BCUT2D eigenvalue weighted by atomic mass is 14.0. The summed E-state index contributed by atoms with van der Waals surface area (Å²) in [5.41, 5.74) is 4.49. The van der Waals surface area contributed by atoms with Crippen LogP contribution in [0, 0.1) is 0 Å². The molecular weight excluding hydrogens is 360 g/mol. The largest absolute Gasteiger partial charge is 0.0882 e. The van der Waals surface area contributed by atoms with Crippen LogP contribution >= 0.6 is 0 Å². The molecule has 0 spiro atoms. The van der Waals surface area contributed by atoms with E-state index < -0.39 is 0 Å². The van der Waals surface area contributed by atoms with E-state index in [0.29, 0.717) is 0 Å². The molecule has 0 aliphatic rings. The molecule has 0 atom stereocenters. The minimum absolute atomic E-state index is 1.10. The minimum Gasteiger partial charge on any atom is -0.0882 e. The molecule has 30 heavy (non-hydrogen) atoms. The summed E-state index contributed by atoms with van der Waals surface area (Å²) in [6.07, 6.45) is 34.8. The number of unbranched alkanes of at least 4 members (excludes halogenated alkanes) is 11. The van der Waals surface area contributed by atoms with Gasteiger partial charge < -0.3 is 0 Å². The van der Waals surface area contributed by atoms with Crippen LogP contribution in [0.1, 0.15) is 144 Å². The van der Waals surface area contributed by atoms with Crippen LogP contribution in [-0.2, 0) is 0 Å². The molecule has 0 nitrogen and oxygen atoms in total. The summed E-state index contributed by atoms with van der Waals surface area (Å²) in [6.45, 7) is 11.2. The van der Waals surface area contributed by atoms with Gasteiger partial charge >= 0.3 is 0 Å². The Bertz CT molecular complexity index is 482. The molecule has 0 rings (SSSR count). The van der Waals surface area contributed by atoms with Gasteiger partial charge in [-0.3, -0.25) is 0 Å². The molecule has 0 aliphatic carbocycles. The lowest BCUT2D eigenvalue weighted by Crippen LogP contribution is -1.82. The number of hydrogen-bond acceptors (Lipinski definition) is 0. The molecule has 0 saturated heterocycles. The van der Waals surface area contributed by atoms with E-state index in [1.165, 1.54) is 119 Å². The summed E-state index contributed by atoms with van der Waals surface area (Å²) < 4.78 is 0. The van der Waals surface area contributed by atoms with E-state index in [-0.39, 0.29) is 0 Å². The van der Waals surface area contributed by atoms with Crippen molar-refractivity contribution in [3.05, 3.63) is 47.1 Å². The molecule has 0 amide bonds. The highest BCUT2D eigenvalue weighted by Crippen LogP contribution is 2.13. The van der Waals surface area contributed by atoms with E-state index in [1.54, 1.807) is 0 Å². The molecule has 174 valence electrons. The van der Waals surface area contributed by atoms with Crippen molar-refractivity contribution in [1.82, 2.24) is 0 Å². The van der Waals surface area contributed by atoms with Crippen molar-refractivity contribution in [3.63, 3.8) is 0 Å². The van der Waals surface area contributed by atoms with Gasteiger partial charge in [-0.2, -0.15) is 0 Å². The predicted molar refractivity (Wildman–Crippen MR) is 140 cm³/mol. The van der Waals surface area contributed by atoms with Crippen LogP contribution in [0.2, 0.25) is 0 Å². The summed E-state index contributed by atoms with van der Waals surface area (Å²) in [6, 6.07) is 0. The highest BCUT2D eigenvalue weighted by Gasteiger charge is 1.93. The Kier molecular flexibility index (Phi) is 21.9. The molecule has 0 saturated carbocycles. The lowest BCUT2D eigenvalue weighted by Gasteiger charge is -2.02. The molecule has 0 aromatic rings. The van der Waals surface area contributed by atoms with Gasteiger partial charge in [0.2, 0.25) is 0 Å². The van der Waals surface area contributed by atoms with Crippen molar-refractivity contribution in [1.29, 1.82) is 0 Å². The van der Waals surface area contributed by atoms with E-state index >= 15 is 0 Å². The van der Waals surface area contributed by atoms with Crippen LogP contribution in [0.25, 0.3) is 0 Å². The Balaban J connectivity index is 3.55. The number of hydrogen-bond donors (Lipinski definition) is 0. The Morgan fingerprint density at radius 3 is 1.57 bits per heavy atom. The van der Waals surface area contributed by atoms with Gasteiger partial charge in [-0.1, -0.05) is 118 Å². The Hall–Kier alpha value is -1.04. The third-order valence-electron chi connectivity index (χ3n) is 5.87. The smallest absolute Gasteiger partial charge is 0.0167 e. The summed E-state index contributed by atoms with van der Waals surface area (Å²) in [7, 11) is 0. The van der Waals surface area contributed by atoms with Gasteiger partial charge in [-0.25, -0.2) is 0 Å². The maximum atomic E-state index is 2.43. The van der Waals surface area contributed by atoms with Crippen molar-refractivity contribution < 1.29 is 0 Å². The van der Waals surface area contributed by atoms with Crippen LogP contribution in [0.3, 0.4) is 0 Å². The monoisotopic (exact) mass is 414 g/mol. The third kappa shape index (κ3) is 23.2. The van der Waals surface area contributed by atoms with Crippen LogP contribution in [0.5, 0.6) is 0 Å². The first kappa shape index (κ1) is 29.0. The third-order valence-corrected chi connectivity index (χ3v) is 5.87. The Morgan fingerprint density at radius 2 is 1.00 bits per heavy atom. The van der Waals surface area contributed by atoms with Gasteiger partial charge in [0.25, 0.3) is 0 Å². The minimum atomic E-state index is 1.10. The quantitative estimate of drug-likeness (QED) is 0.137. The molecule has 0 N–H and O–H groups in total. The zero-order valence-corrected chi connectivity index (χ0v) is 21.4. The highest BCUT2D eigenvalue weighted by molar-refractivity contribution is 5.06. The van der Waals surface area contributed by atoms with Gasteiger partial charge in [0, 0.05) is 0 Å². The van der Waals surface area contributed by atoms with E-state index in [2.05, 4.69) is 65.0 Å². The Labute approximate surface area is 191 Å². The topological polar surface area (TPSA) is 0 Å². The fraction of sp³-hybridized carbons (Fsp3) is 0.733. The van der Waals surface area contributed by atoms with Gasteiger partial charge in [-0.15, -0.1) is 0 Å². The summed E-state index contributed by atoms with van der Waals surface area (Å²) in [4.78, 5) is 0. The second-order valence-electron chi connectivity index (χ2n) is 9.49. The second-order valence-corrected chi connectivity index (χ2v) is 9.49. The summed E-state index contributed by atoms with van der Waals surface area (Å²) in [5, 5.41) is 0. The van der Waals surface area contributed by atoms with Crippen molar-refractivity contribution in [2.75, 3.05) is 0 Å². The molecule has 0 heterocycles. The standard InChI is InChI=1S/C30H54/c1-6-7-8-9-10-11-12-13-14-15-16-17-18-19-20-24-29(4)26-22-27-30(5)25-21-23-28(2)3/h18-19,23-24,27H,6-17,20-22,25-26H2,1-5H3. The van der Waals surface area contributed by atoms with Crippen molar-refractivity contribution in [2.24, 2.45) is 0 Å². The summed E-state index contributed by atoms with van der Waals surface area (Å²) in [5.74, 6) is 0. The lowest BCUT2D eigenvalue weighted by atomic mass is 10.0. The van der Waals surface area contributed by atoms with Crippen molar-refractivity contribution in [2.45, 2.75) is 144 Å². The Morgan fingerprint density at radius 1 is 0.500 bits per heavy atom. The predicted octanol–water partition coefficient (Wildman–Crippen LogP) is 11.1. The first-order valence-corrected chi connectivity index (χ1v) is 13.2. The summed E-state index contributed by atoms with van der Waals surface area (Å²) >= 11 is 0. The van der Waals surface area contributed by atoms with E-state index in [4.69, 9.17) is 0 Å². The normalized spacial score (nSPS) is 12.7. The molecule has 0 fully saturated rings. The molecular formula is C30H54. The molecule has 0 radical (unpaired) electrons. The molecule has 0 aromatic carbocycles. The van der Waals surface area contributed by atoms with E-state index in [9.17, 15) is 0 Å². The van der Waals surface area contributed by atoms with Gasteiger partial charge in [0.15, 0.2) is 0 Å². The van der Waals surface area contributed by atoms with Gasteiger partial charge in [0.1, 0.15) is 0 Å². The van der Waals surface area contributed by atoms with Crippen LogP contribution < -0.4 is 0 Å². The maximum Gasteiger partial charge on any atom is -0.0167 e. The second kappa shape index (κ2) is 22.6. The zero-order chi connectivity index (χ0) is 22.3. The molecule has 0 aliphatic heterocycles. The number of rotatable bonds is 20. The zero-order valence-electron chi connectivity index (χ0n) is 21.4. The number of allylic oxidation sites excluding steroid dienone is 8. The first-order valence-electron chi connectivity index (χ1n) is 13.2. The average Bonchev–Trinajstić information content (AvgIpc) is 2.70. The SMILES string of the molecule is CCCCCCCCCCCCCC=CCC=C(C)CCC=C(C)CCC=C(C)C. The van der Waals surface area contributed by atoms with Crippen LogP contribution in [-0.4, -0.2) is 0 Å². The first-order chi connectivity index (χ1) is 14.6. The van der Waals surface area contributed by atoms with Crippen molar-refractivity contribution >= 4 is 0 Å². The molecule has 0 heteroatoms. The van der Waals surface area contributed by atoms with Gasteiger partial charge in [-0.05, 0) is 72.6 Å². The van der Waals surface area contributed by atoms with Crippen LogP contribution in [0.15, 0.2) is 47.1 Å². The maximum absolute atomic E-state index is 2.43. The van der Waals surface area contributed by atoms with E-state index in [1.807, 2.05) is 0 Å². The van der Waals surface area contributed by atoms with E-state index in [0.717, 1.165) is 6.42 Å². The van der Waals surface area contributed by atoms with Gasteiger partial charge in [0.05, 0.1) is 0 Å². The fourth-order valence-corrected chi connectivity index (χ4v) is 3.75. The van der Waals surface area contributed by atoms with Crippen molar-refractivity contribution in [3.8, 4) is 0 Å². The average molecular weight is 415 g/mol.